The lowest BCUT2D eigenvalue weighted by atomic mass is 9.87. The van der Waals surface area contributed by atoms with Crippen LogP contribution in [0.2, 0.25) is 0 Å². The fraction of sp³-hybridized carbons (Fsp3) is 0.636. The molecule has 0 radical (unpaired) electrons. The average molecular weight is 176 g/mol. The zero-order valence-corrected chi connectivity index (χ0v) is 8.59. The van der Waals surface area contributed by atoms with Crippen LogP contribution in [-0.2, 0) is 12.8 Å². The van der Waals surface area contributed by atoms with Crippen LogP contribution in [0.5, 0.6) is 0 Å². The van der Waals surface area contributed by atoms with E-state index in [0.29, 0.717) is 0 Å². The van der Waals surface area contributed by atoms with Gasteiger partial charge in [-0.3, -0.25) is 0 Å². The van der Waals surface area contributed by atoms with Gasteiger partial charge in [-0.15, -0.1) is 0 Å². The predicted molar refractivity (Wildman–Crippen MR) is 52.7 cm³/mol. The molecule has 1 aromatic heterocycles. The topological polar surface area (TPSA) is 25.8 Å². The molecule has 0 fully saturated rings. The first kappa shape index (κ1) is 8.67. The van der Waals surface area contributed by atoms with Gasteiger partial charge in [-0.1, -0.05) is 6.92 Å². The third-order valence-electron chi connectivity index (χ3n) is 2.84. The zero-order chi connectivity index (χ0) is 9.42. The predicted octanol–water partition coefficient (Wildman–Crippen LogP) is 2.22. The smallest absolute Gasteiger partial charge is 0.125 e. The lowest BCUT2D eigenvalue weighted by Gasteiger charge is -2.21. The van der Waals surface area contributed by atoms with Gasteiger partial charge in [0.2, 0.25) is 0 Å². The lowest BCUT2D eigenvalue weighted by Crippen LogP contribution is -2.16. The van der Waals surface area contributed by atoms with Gasteiger partial charge in [-0.05, 0) is 44.6 Å². The maximum absolute atomic E-state index is 4.50. The summed E-state index contributed by atoms with van der Waals surface area (Å²) in [6.45, 7) is 6.39. The van der Waals surface area contributed by atoms with E-state index in [9.17, 15) is 0 Å². The van der Waals surface area contributed by atoms with Gasteiger partial charge in [0.25, 0.3) is 0 Å². The molecule has 1 aliphatic carbocycles. The first-order valence-electron chi connectivity index (χ1n) is 5.00. The molecule has 2 heteroatoms. The molecular weight excluding hydrogens is 160 g/mol. The zero-order valence-electron chi connectivity index (χ0n) is 8.59. The molecule has 1 aromatic rings. The van der Waals surface area contributed by atoms with Crippen LogP contribution in [0.4, 0.5) is 0 Å². The summed E-state index contributed by atoms with van der Waals surface area (Å²) in [5.41, 5.74) is 3.89. The van der Waals surface area contributed by atoms with Crippen molar-refractivity contribution in [1.82, 2.24) is 9.97 Å². The number of aryl methyl sites for hydroxylation is 3. The Bertz CT molecular complexity index is 331. The average Bonchev–Trinajstić information content (AvgIpc) is 2.06. The normalized spacial score (nSPS) is 21.3. The van der Waals surface area contributed by atoms with Crippen LogP contribution in [0.3, 0.4) is 0 Å². The van der Waals surface area contributed by atoms with Gasteiger partial charge in [0.1, 0.15) is 5.82 Å². The van der Waals surface area contributed by atoms with E-state index in [1.54, 1.807) is 0 Å². The SMILES string of the molecule is Cc1nc(C)c2c(n1)CCC(C)C2. The van der Waals surface area contributed by atoms with E-state index in [1.165, 1.54) is 29.8 Å². The molecule has 13 heavy (non-hydrogen) atoms. The molecule has 0 saturated heterocycles. The second kappa shape index (κ2) is 3.09. The summed E-state index contributed by atoms with van der Waals surface area (Å²) in [6, 6.07) is 0. The number of fused-ring (bicyclic) bond motifs is 1. The van der Waals surface area contributed by atoms with Crippen molar-refractivity contribution in [2.75, 3.05) is 0 Å². The van der Waals surface area contributed by atoms with Crippen molar-refractivity contribution in [2.24, 2.45) is 5.92 Å². The Labute approximate surface area is 79.4 Å². The minimum atomic E-state index is 0.803. The van der Waals surface area contributed by atoms with E-state index in [0.717, 1.165) is 18.2 Å². The Hall–Kier alpha value is -0.920. The molecule has 1 heterocycles. The highest BCUT2D eigenvalue weighted by Gasteiger charge is 2.18. The van der Waals surface area contributed by atoms with E-state index in [-0.39, 0.29) is 0 Å². The molecule has 2 nitrogen and oxygen atoms in total. The Kier molecular flexibility index (Phi) is 2.06. The van der Waals surface area contributed by atoms with Gasteiger partial charge in [-0.25, -0.2) is 9.97 Å². The molecule has 1 unspecified atom stereocenters. The summed E-state index contributed by atoms with van der Waals surface area (Å²) in [4.78, 5) is 8.91. The van der Waals surface area contributed by atoms with Crippen LogP contribution in [0.15, 0.2) is 0 Å². The van der Waals surface area contributed by atoms with Gasteiger partial charge >= 0.3 is 0 Å². The minimum Gasteiger partial charge on any atom is -0.238 e. The van der Waals surface area contributed by atoms with Crippen LogP contribution in [0.1, 0.15) is 36.1 Å². The Morgan fingerprint density at radius 1 is 1.23 bits per heavy atom. The van der Waals surface area contributed by atoms with Crippen molar-refractivity contribution in [1.29, 1.82) is 0 Å². The quantitative estimate of drug-likeness (QED) is 0.605. The molecule has 0 bridgehead atoms. The van der Waals surface area contributed by atoms with Gasteiger partial charge in [0, 0.05) is 11.4 Å². The highest BCUT2D eigenvalue weighted by Crippen LogP contribution is 2.25. The molecule has 0 amide bonds. The second-order valence-corrected chi connectivity index (χ2v) is 4.13. The molecule has 70 valence electrons. The molecule has 1 aliphatic rings. The maximum Gasteiger partial charge on any atom is 0.125 e. The number of nitrogens with zero attached hydrogens (tertiary/aromatic N) is 2. The number of rotatable bonds is 0. The summed E-state index contributed by atoms with van der Waals surface area (Å²) >= 11 is 0. The van der Waals surface area contributed by atoms with Gasteiger partial charge in [0.15, 0.2) is 0 Å². The summed E-state index contributed by atoms with van der Waals surface area (Å²) < 4.78 is 0. The summed E-state index contributed by atoms with van der Waals surface area (Å²) in [5.74, 6) is 1.73. The van der Waals surface area contributed by atoms with E-state index in [1.807, 2.05) is 6.92 Å². The standard InChI is InChI=1S/C11H16N2/c1-7-4-5-11-10(6-7)8(2)12-9(3)13-11/h7H,4-6H2,1-3H3. The van der Waals surface area contributed by atoms with Crippen LogP contribution in [0.25, 0.3) is 0 Å². The molecule has 0 saturated carbocycles. The Morgan fingerprint density at radius 3 is 2.77 bits per heavy atom. The van der Waals surface area contributed by atoms with E-state index >= 15 is 0 Å². The first-order valence-corrected chi connectivity index (χ1v) is 5.00. The fourth-order valence-corrected chi connectivity index (χ4v) is 2.11. The van der Waals surface area contributed by atoms with Crippen molar-refractivity contribution in [2.45, 2.75) is 40.0 Å². The van der Waals surface area contributed by atoms with Crippen LogP contribution >= 0.6 is 0 Å². The third-order valence-corrected chi connectivity index (χ3v) is 2.84. The Balaban J connectivity index is 2.47. The molecule has 0 N–H and O–H groups in total. The molecule has 0 aromatic carbocycles. The monoisotopic (exact) mass is 176 g/mol. The maximum atomic E-state index is 4.50. The van der Waals surface area contributed by atoms with E-state index in [4.69, 9.17) is 0 Å². The van der Waals surface area contributed by atoms with E-state index < -0.39 is 0 Å². The first-order chi connectivity index (χ1) is 6.16. The molecule has 0 spiro atoms. The van der Waals surface area contributed by atoms with Gasteiger partial charge < -0.3 is 0 Å². The van der Waals surface area contributed by atoms with Crippen molar-refractivity contribution < 1.29 is 0 Å². The summed E-state index contributed by atoms with van der Waals surface area (Å²) in [7, 11) is 0. The summed E-state index contributed by atoms with van der Waals surface area (Å²) in [6.07, 6.45) is 3.59. The van der Waals surface area contributed by atoms with Crippen molar-refractivity contribution in [3.8, 4) is 0 Å². The van der Waals surface area contributed by atoms with Crippen molar-refractivity contribution in [3.05, 3.63) is 22.8 Å². The van der Waals surface area contributed by atoms with Gasteiger partial charge in [0.05, 0.1) is 0 Å². The molecular formula is C11H16N2. The molecule has 0 aliphatic heterocycles. The molecule has 2 rings (SSSR count). The van der Waals surface area contributed by atoms with Crippen LogP contribution in [0, 0.1) is 19.8 Å². The van der Waals surface area contributed by atoms with E-state index in [2.05, 4.69) is 23.8 Å². The van der Waals surface area contributed by atoms with Crippen LogP contribution in [-0.4, -0.2) is 9.97 Å². The second-order valence-electron chi connectivity index (χ2n) is 4.13. The fourth-order valence-electron chi connectivity index (χ4n) is 2.11. The lowest BCUT2D eigenvalue weighted by molar-refractivity contribution is 0.488. The number of aromatic nitrogens is 2. The third kappa shape index (κ3) is 1.58. The Morgan fingerprint density at radius 2 is 2.00 bits per heavy atom. The number of hydrogen-bond acceptors (Lipinski definition) is 2. The van der Waals surface area contributed by atoms with Gasteiger partial charge in [-0.2, -0.15) is 0 Å². The highest BCUT2D eigenvalue weighted by molar-refractivity contribution is 5.27. The molecule has 1 atom stereocenters. The van der Waals surface area contributed by atoms with Crippen molar-refractivity contribution in [3.63, 3.8) is 0 Å². The minimum absolute atomic E-state index is 0.803. The summed E-state index contributed by atoms with van der Waals surface area (Å²) in [5, 5.41) is 0. The largest absolute Gasteiger partial charge is 0.238 e. The highest BCUT2D eigenvalue weighted by atomic mass is 14.9. The number of hydrogen-bond donors (Lipinski definition) is 0. The van der Waals surface area contributed by atoms with Crippen molar-refractivity contribution >= 4 is 0 Å². The van der Waals surface area contributed by atoms with Crippen LogP contribution < -0.4 is 0 Å².